The van der Waals surface area contributed by atoms with Gasteiger partial charge in [-0.2, -0.15) is 0 Å². The molecule has 0 aliphatic carbocycles. The molecule has 0 aromatic heterocycles. The number of rotatable bonds is 4. The molecule has 2 nitrogen and oxygen atoms in total. The number of β-amino-alcohol motifs (C(OH)–C–C–N with tert-alkyl or cyclic N) is 1. The second kappa shape index (κ2) is 6.06. The molecule has 106 valence electrons. The fraction of sp³-hybridized carbons (Fsp3) is 0.647. The van der Waals surface area contributed by atoms with Crippen LogP contribution in [0.1, 0.15) is 50.8 Å². The van der Waals surface area contributed by atoms with Gasteiger partial charge in [-0.15, -0.1) is 0 Å². The minimum atomic E-state index is -0.355. The Morgan fingerprint density at radius 3 is 2.26 bits per heavy atom. The molecule has 1 aliphatic heterocycles. The highest BCUT2D eigenvalue weighted by molar-refractivity contribution is 5.24. The summed E-state index contributed by atoms with van der Waals surface area (Å²) in [6.45, 7) is 9.81. The lowest BCUT2D eigenvalue weighted by Gasteiger charge is -2.37. The second-order valence-corrected chi connectivity index (χ2v) is 6.58. The van der Waals surface area contributed by atoms with Gasteiger partial charge in [-0.05, 0) is 48.9 Å². The van der Waals surface area contributed by atoms with Gasteiger partial charge in [-0.25, -0.2) is 0 Å². The normalized spacial score (nSPS) is 21.3. The molecule has 1 saturated heterocycles. The number of aliphatic hydroxyl groups excluding tert-OH is 1. The second-order valence-electron chi connectivity index (χ2n) is 6.58. The van der Waals surface area contributed by atoms with Crippen LogP contribution in [0.3, 0.4) is 0 Å². The molecule has 1 N–H and O–H groups in total. The van der Waals surface area contributed by atoms with E-state index >= 15 is 0 Å². The highest BCUT2D eigenvalue weighted by Gasteiger charge is 2.26. The molecule has 0 radical (unpaired) electrons. The van der Waals surface area contributed by atoms with Crippen molar-refractivity contribution in [3.8, 4) is 0 Å². The molecular formula is C17H27NO. The fourth-order valence-electron chi connectivity index (χ4n) is 2.67. The largest absolute Gasteiger partial charge is 0.387 e. The van der Waals surface area contributed by atoms with Crippen LogP contribution >= 0.6 is 0 Å². The lowest BCUT2D eigenvalue weighted by Crippen LogP contribution is -2.39. The maximum Gasteiger partial charge on any atom is 0.0916 e. The Bertz CT molecular complexity index is 386. The first-order valence-electron chi connectivity index (χ1n) is 7.49. The van der Waals surface area contributed by atoms with Crippen LogP contribution in [0.4, 0.5) is 0 Å². The Hall–Kier alpha value is -0.860. The van der Waals surface area contributed by atoms with Crippen LogP contribution in [0.5, 0.6) is 0 Å². The van der Waals surface area contributed by atoms with E-state index in [0.717, 1.165) is 31.6 Å². The summed E-state index contributed by atoms with van der Waals surface area (Å²) in [6, 6.07) is 8.38. The van der Waals surface area contributed by atoms with Crippen molar-refractivity contribution in [1.29, 1.82) is 0 Å². The summed E-state index contributed by atoms with van der Waals surface area (Å²) >= 11 is 0. The number of piperidine rings is 1. The highest BCUT2D eigenvalue weighted by Crippen LogP contribution is 2.30. The van der Waals surface area contributed by atoms with Crippen molar-refractivity contribution in [2.24, 2.45) is 5.41 Å². The molecule has 1 unspecified atom stereocenters. The zero-order valence-electron chi connectivity index (χ0n) is 12.5. The van der Waals surface area contributed by atoms with Gasteiger partial charge in [0.2, 0.25) is 0 Å². The van der Waals surface area contributed by atoms with Gasteiger partial charge < -0.3 is 10.0 Å². The quantitative estimate of drug-likeness (QED) is 0.898. The van der Waals surface area contributed by atoms with Gasteiger partial charge in [0.1, 0.15) is 0 Å². The van der Waals surface area contributed by atoms with Crippen molar-refractivity contribution >= 4 is 0 Å². The van der Waals surface area contributed by atoms with Crippen LogP contribution in [0, 0.1) is 5.41 Å². The van der Waals surface area contributed by atoms with E-state index in [4.69, 9.17) is 0 Å². The summed E-state index contributed by atoms with van der Waals surface area (Å²) < 4.78 is 0. The van der Waals surface area contributed by atoms with E-state index in [-0.39, 0.29) is 6.10 Å². The van der Waals surface area contributed by atoms with Crippen LogP contribution in [0.2, 0.25) is 0 Å². The number of hydrogen-bond acceptors (Lipinski definition) is 2. The van der Waals surface area contributed by atoms with Crippen molar-refractivity contribution in [2.45, 2.75) is 46.1 Å². The van der Waals surface area contributed by atoms with Gasteiger partial charge in [0.15, 0.2) is 0 Å². The van der Waals surface area contributed by atoms with Crippen LogP contribution < -0.4 is 0 Å². The van der Waals surface area contributed by atoms with E-state index in [1.165, 1.54) is 18.4 Å². The molecule has 1 heterocycles. The van der Waals surface area contributed by atoms with Gasteiger partial charge >= 0.3 is 0 Å². The van der Waals surface area contributed by atoms with E-state index in [9.17, 15) is 5.11 Å². The Kier molecular flexibility index (Phi) is 4.64. The van der Waals surface area contributed by atoms with Crippen molar-refractivity contribution in [3.63, 3.8) is 0 Å². The maximum atomic E-state index is 10.3. The van der Waals surface area contributed by atoms with Gasteiger partial charge in [0, 0.05) is 6.54 Å². The lowest BCUT2D eigenvalue weighted by molar-refractivity contribution is 0.0703. The third-order valence-electron chi connectivity index (χ3n) is 4.41. The molecule has 0 spiro atoms. The topological polar surface area (TPSA) is 23.5 Å². The average Bonchev–Trinajstić information content (AvgIpc) is 2.41. The minimum absolute atomic E-state index is 0.355. The highest BCUT2D eigenvalue weighted by atomic mass is 16.3. The zero-order valence-corrected chi connectivity index (χ0v) is 12.5. The van der Waals surface area contributed by atoms with E-state index in [2.05, 4.69) is 49.9 Å². The van der Waals surface area contributed by atoms with E-state index in [1.807, 2.05) is 0 Å². The first-order valence-corrected chi connectivity index (χ1v) is 7.49. The van der Waals surface area contributed by atoms with E-state index in [0.29, 0.717) is 5.41 Å². The monoisotopic (exact) mass is 261 g/mol. The smallest absolute Gasteiger partial charge is 0.0916 e. The third kappa shape index (κ3) is 4.05. The zero-order chi connectivity index (χ0) is 13.9. The Balaban J connectivity index is 1.88. The summed E-state index contributed by atoms with van der Waals surface area (Å²) in [5, 5.41) is 10.3. The lowest BCUT2D eigenvalue weighted by atomic mass is 9.82. The Morgan fingerprint density at radius 2 is 1.74 bits per heavy atom. The van der Waals surface area contributed by atoms with Crippen molar-refractivity contribution in [2.75, 3.05) is 19.6 Å². The summed E-state index contributed by atoms with van der Waals surface area (Å²) in [5.74, 6) is 0. The molecule has 1 fully saturated rings. The Morgan fingerprint density at radius 1 is 1.16 bits per heavy atom. The number of benzene rings is 1. The van der Waals surface area contributed by atoms with Crippen LogP contribution in [-0.4, -0.2) is 29.6 Å². The Labute approximate surface area is 117 Å². The summed E-state index contributed by atoms with van der Waals surface area (Å²) in [7, 11) is 0. The number of aliphatic hydroxyl groups is 1. The number of likely N-dealkylation sites (tertiary alicyclic amines) is 1. The average molecular weight is 261 g/mol. The summed E-state index contributed by atoms with van der Waals surface area (Å²) in [6.07, 6.45) is 3.16. The minimum Gasteiger partial charge on any atom is -0.387 e. The standard InChI is InChI=1S/C17H27NO/c1-4-14-5-7-15(8-6-14)16(19)13-18-11-9-17(2,3)10-12-18/h5-8,16,19H,4,9-13H2,1-3H3. The number of nitrogens with zero attached hydrogens (tertiary/aromatic N) is 1. The third-order valence-corrected chi connectivity index (χ3v) is 4.41. The molecule has 0 saturated carbocycles. The molecule has 1 aromatic carbocycles. The summed E-state index contributed by atoms with van der Waals surface area (Å²) in [4.78, 5) is 2.39. The predicted molar refractivity (Wildman–Crippen MR) is 80.2 cm³/mol. The van der Waals surface area contributed by atoms with E-state index < -0.39 is 0 Å². The molecular weight excluding hydrogens is 234 g/mol. The van der Waals surface area contributed by atoms with Crippen molar-refractivity contribution < 1.29 is 5.11 Å². The van der Waals surface area contributed by atoms with Gasteiger partial charge in [-0.3, -0.25) is 0 Å². The van der Waals surface area contributed by atoms with Crippen LogP contribution in [-0.2, 0) is 6.42 Å². The molecule has 1 aromatic rings. The summed E-state index contributed by atoms with van der Waals surface area (Å²) in [5.41, 5.74) is 2.85. The molecule has 1 atom stereocenters. The maximum absolute atomic E-state index is 10.3. The van der Waals surface area contributed by atoms with Gasteiger partial charge in [-0.1, -0.05) is 45.0 Å². The first-order chi connectivity index (χ1) is 9.00. The molecule has 1 aliphatic rings. The predicted octanol–water partition coefficient (Wildman–Crippen LogP) is 3.40. The van der Waals surface area contributed by atoms with Gasteiger partial charge in [0.05, 0.1) is 6.10 Å². The molecule has 2 rings (SSSR count). The molecule has 0 amide bonds. The van der Waals surface area contributed by atoms with E-state index in [1.54, 1.807) is 0 Å². The fourth-order valence-corrected chi connectivity index (χ4v) is 2.67. The first kappa shape index (κ1) is 14.5. The van der Waals surface area contributed by atoms with Crippen molar-refractivity contribution in [3.05, 3.63) is 35.4 Å². The molecule has 2 heteroatoms. The number of hydrogen-bond donors (Lipinski definition) is 1. The van der Waals surface area contributed by atoms with Crippen molar-refractivity contribution in [1.82, 2.24) is 4.90 Å². The van der Waals surface area contributed by atoms with Crippen LogP contribution in [0.25, 0.3) is 0 Å². The number of aryl methyl sites for hydroxylation is 1. The molecule has 0 bridgehead atoms. The SMILES string of the molecule is CCc1ccc(C(O)CN2CCC(C)(C)CC2)cc1. The van der Waals surface area contributed by atoms with Crippen LogP contribution in [0.15, 0.2) is 24.3 Å². The molecule has 19 heavy (non-hydrogen) atoms. The van der Waals surface area contributed by atoms with Gasteiger partial charge in [0.25, 0.3) is 0 Å².